The van der Waals surface area contributed by atoms with Crippen molar-refractivity contribution in [1.82, 2.24) is 0 Å². The van der Waals surface area contributed by atoms with E-state index in [0.29, 0.717) is 11.4 Å². The number of aryl methyl sites for hydroxylation is 1. The number of carbonyl (C=O) groups is 1. The number of nitrogens with two attached hydrogens (primary N) is 1. The van der Waals surface area contributed by atoms with Gasteiger partial charge in [-0.1, -0.05) is 13.3 Å². The van der Waals surface area contributed by atoms with Crippen LogP contribution in [0.1, 0.15) is 42.6 Å². The largest absolute Gasteiger partial charge is 0.491 e. The van der Waals surface area contributed by atoms with Gasteiger partial charge >= 0.3 is 5.97 Å². The van der Waals surface area contributed by atoms with E-state index in [2.05, 4.69) is 6.92 Å². The predicted octanol–water partition coefficient (Wildman–Crippen LogP) is 2.84. The fourth-order valence-electron chi connectivity index (χ4n) is 1.71. The van der Waals surface area contributed by atoms with Crippen molar-refractivity contribution < 1.29 is 14.6 Å². The highest BCUT2D eigenvalue weighted by Crippen LogP contribution is 2.25. The van der Waals surface area contributed by atoms with Crippen LogP contribution in [-0.2, 0) is 0 Å². The lowest BCUT2D eigenvalue weighted by Crippen LogP contribution is -2.12. The number of anilines is 1. The number of benzene rings is 1. The molecule has 0 bridgehead atoms. The molecule has 0 radical (unpaired) electrons. The van der Waals surface area contributed by atoms with Gasteiger partial charge in [0.1, 0.15) is 5.75 Å². The number of hydrogen-bond donors (Lipinski definition) is 2. The van der Waals surface area contributed by atoms with Crippen LogP contribution >= 0.6 is 0 Å². The summed E-state index contributed by atoms with van der Waals surface area (Å²) in [6.45, 7) is 5.82. The molecule has 1 unspecified atom stereocenters. The standard InChI is InChI=1S/C13H19NO3/c1-4-5-9(3)17-10-6-8(2)12(14)11(7-10)13(15)16/h6-7,9H,4-5,14H2,1-3H3,(H,15,16). The molecule has 0 saturated heterocycles. The van der Waals surface area contributed by atoms with Gasteiger partial charge < -0.3 is 15.6 Å². The number of rotatable bonds is 5. The Morgan fingerprint density at radius 1 is 1.53 bits per heavy atom. The number of carboxylic acids is 1. The third-order valence-corrected chi connectivity index (χ3v) is 2.62. The Labute approximate surface area is 101 Å². The first-order valence-corrected chi connectivity index (χ1v) is 5.75. The lowest BCUT2D eigenvalue weighted by Gasteiger charge is -2.15. The van der Waals surface area contributed by atoms with Crippen LogP contribution in [0.3, 0.4) is 0 Å². The molecule has 0 spiro atoms. The van der Waals surface area contributed by atoms with Gasteiger partial charge in [-0.15, -0.1) is 0 Å². The fraction of sp³-hybridized carbons (Fsp3) is 0.462. The Morgan fingerprint density at radius 2 is 2.18 bits per heavy atom. The van der Waals surface area contributed by atoms with Crippen molar-refractivity contribution in [1.29, 1.82) is 0 Å². The van der Waals surface area contributed by atoms with Crippen LogP contribution < -0.4 is 10.5 Å². The van der Waals surface area contributed by atoms with E-state index in [9.17, 15) is 4.79 Å². The molecule has 1 atom stereocenters. The highest BCUT2D eigenvalue weighted by Gasteiger charge is 2.13. The summed E-state index contributed by atoms with van der Waals surface area (Å²) in [5.74, 6) is -0.464. The predicted molar refractivity (Wildman–Crippen MR) is 67.5 cm³/mol. The average Bonchev–Trinajstić information content (AvgIpc) is 2.23. The second-order valence-corrected chi connectivity index (χ2v) is 4.22. The van der Waals surface area contributed by atoms with E-state index in [1.165, 1.54) is 6.07 Å². The molecule has 0 fully saturated rings. The molecule has 3 N–H and O–H groups in total. The first-order valence-electron chi connectivity index (χ1n) is 5.75. The quantitative estimate of drug-likeness (QED) is 0.772. The summed E-state index contributed by atoms with van der Waals surface area (Å²) in [6.07, 6.45) is 2.04. The SMILES string of the molecule is CCCC(C)Oc1cc(C)c(N)c(C(=O)O)c1. The van der Waals surface area contributed by atoms with Crippen LogP contribution in [0.15, 0.2) is 12.1 Å². The van der Waals surface area contributed by atoms with Crippen molar-refractivity contribution in [2.24, 2.45) is 0 Å². The first kappa shape index (κ1) is 13.4. The number of nitrogen functional groups attached to an aromatic ring is 1. The fourth-order valence-corrected chi connectivity index (χ4v) is 1.71. The van der Waals surface area contributed by atoms with Crippen molar-refractivity contribution in [3.05, 3.63) is 23.3 Å². The lowest BCUT2D eigenvalue weighted by atomic mass is 10.1. The van der Waals surface area contributed by atoms with Gasteiger partial charge in [-0.25, -0.2) is 4.79 Å². The molecule has 0 aliphatic rings. The molecule has 0 saturated carbocycles. The van der Waals surface area contributed by atoms with Crippen LogP contribution in [0.4, 0.5) is 5.69 Å². The second-order valence-electron chi connectivity index (χ2n) is 4.22. The summed E-state index contributed by atoms with van der Waals surface area (Å²) in [5.41, 5.74) is 6.83. The van der Waals surface area contributed by atoms with E-state index in [4.69, 9.17) is 15.6 Å². The monoisotopic (exact) mass is 237 g/mol. The zero-order valence-electron chi connectivity index (χ0n) is 10.5. The normalized spacial score (nSPS) is 12.2. The van der Waals surface area contributed by atoms with Gasteiger partial charge in [-0.2, -0.15) is 0 Å². The van der Waals surface area contributed by atoms with Crippen molar-refractivity contribution >= 4 is 11.7 Å². The molecular weight excluding hydrogens is 218 g/mol. The third-order valence-electron chi connectivity index (χ3n) is 2.62. The second kappa shape index (κ2) is 5.57. The maximum Gasteiger partial charge on any atom is 0.337 e. The lowest BCUT2D eigenvalue weighted by molar-refractivity contribution is 0.0697. The Bertz CT molecular complexity index is 415. The van der Waals surface area contributed by atoms with E-state index in [1.807, 2.05) is 6.92 Å². The molecule has 0 aliphatic heterocycles. The third kappa shape index (κ3) is 3.37. The Hall–Kier alpha value is -1.71. The van der Waals surface area contributed by atoms with Crippen molar-refractivity contribution in [3.8, 4) is 5.75 Å². The molecule has 1 aromatic carbocycles. The molecule has 1 aromatic rings. The Kier molecular flexibility index (Phi) is 4.37. The van der Waals surface area contributed by atoms with Crippen molar-refractivity contribution in [2.45, 2.75) is 39.7 Å². The van der Waals surface area contributed by atoms with Crippen molar-refractivity contribution in [2.75, 3.05) is 5.73 Å². The molecule has 1 rings (SSSR count). The highest BCUT2D eigenvalue weighted by molar-refractivity contribution is 5.95. The van der Waals surface area contributed by atoms with Gasteiger partial charge in [-0.3, -0.25) is 0 Å². The maximum absolute atomic E-state index is 11.0. The number of aromatic carboxylic acids is 1. The molecule has 0 amide bonds. The smallest absolute Gasteiger partial charge is 0.337 e. The summed E-state index contributed by atoms with van der Waals surface area (Å²) in [4.78, 5) is 11.0. The summed E-state index contributed by atoms with van der Waals surface area (Å²) < 4.78 is 5.66. The minimum absolute atomic E-state index is 0.0738. The number of carboxylic acid groups (broad SMARTS) is 1. The minimum Gasteiger partial charge on any atom is -0.491 e. The minimum atomic E-state index is -1.03. The number of ether oxygens (including phenoxy) is 1. The van der Waals surface area contributed by atoms with Crippen LogP contribution in [0.25, 0.3) is 0 Å². The van der Waals surface area contributed by atoms with E-state index >= 15 is 0 Å². The van der Waals surface area contributed by atoms with Crippen LogP contribution in [0.2, 0.25) is 0 Å². The Balaban J connectivity index is 2.98. The molecule has 0 heterocycles. The first-order chi connectivity index (χ1) is 7.95. The van der Waals surface area contributed by atoms with E-state index < -0.39 is 5.97 Å². The van der Waals surface area contributed by atoms with Gasteiger partial charge in [0.15, 0.2) is 0 Å². The molecule has 17 heavy (non-hydrogen) atoms. The van der Waals surface area contributed by atoms with Crippen LogP contribution in [-0.4, -0.2) is 17.2 Å². The zero-order valence-corrected chi connectivity index (χ0v) is 10.5. The summed E-state index contributed by atoms with van der Waals surface area (Å²) in [6, 6.07) is 3.25. The van der Waals surface area contributed by atoms with Gasteiger partial charge in [0.25, 0.3) is 0 Å². The van der Waals surface area contributed by atoms with Crippen molar-refractivity contribution in [3.63, 3.8) is 0 Å². The van der Waals surface area contributed by atoms with Gasteiger partial charge in [0.05, 0.1) is 11.7 Å². The molecule has 94 valence electrons. The summed E-state index contributed by atoms with van der Waals surface area (Å²) >= 11 is 0. The summed E-state index contributed by atoms with van der Waals surface area (Å²) in [5, 5.41) is 9.02. The number of hydrogen-bond acceptors (Lipinski definition) is 3. The average molecular weight is 237 g/mol. The zero-order chi connectivity index (χ0) is 13.0. The van der Waals surface area contributed by atoms with E-state index in [0.717, 1.165) is 18.4 Å². The Morgan fingerprint density at radius 3 is 2.71 bits per heavy atom. The molecule has 4 heteroatoms. The molecule has 0 aromatic heterocycles. The molecule has 0 aliphatic carbocycles. The van der Waals surface area contributed by atoms with E-state index in [-0.39, 0.29) is 11.7 Å². The van der Waals surface area contributed by atoms with Crippen LogP contribution in [0.5, 0.6) is 5.75 Å². The van der Waals surface area contributed by atoms with Gasteiger partial charge in [0, 0.05) is 5.69 Å². The van der Waals surface area contributed by atoms with E-state index in [1.54, 1.807) is 13.0 Å². The molecular formula is C13H19NO3. The van der Waals surface area contributed by atoms with Crippen LogP contribution in [0, 0.1) is 6.92 Å². The van der Waals surface area contributed by atoms with Gasteiger partial charge in [0.2, 0.25) is 0 Å². The maximum atomic E-state index is 11.0. The summed E-state index contributed by atoms with van der Waals surface area (Å²) in [7, 11) is 0. The molecule has 4 nitrogen and oxygen atoms in total. The topological polar surface area (TPSA) is 72.5 Å². The van der Waals surface area contributed by atoms with Gasteiger partial charge in [-0.05, 0) is 38.0 Å². The highest BCUT2D eigenvalue weighted by atomic mass is 16.5.